The molecule has 1 fully saturated rings. The molecule has 9 heteroatoms. The number of amides is 1. The van der Waals surface area contributed by atoms with Crippen LogP contribution < -0.4 is 5.32 Å². The summed E-state index contributed by atoms with van der Waals surface area (Å²) in [7, 11) is 0. The van der Waals surface area contributed by atoms with E-state index in [2.05, 4.69) is 15.5 Å². The van der Waals surface area contributed by atoms with E-state index >= 15 is 0 Å². The molecule has 1 atom stereocenters. The summed E-state index contributed by atoms with van der Waals surface area (Å²) in [6.07, 6.45) is 0. The topological polar surface area (TPSA) is 80.5 Å². The molecule has 1 aromatic carbocycles. The lowest BCUT2D eigenvalue weighted by Gasteiger charge is -2.36. The fraction of sp³-hybridized carbons (Fsp3) is 0.438. The number of carbonyl (C=O) groups excluding carboxylic acids is 1. The summed E-state index contributed by atoms with van der Waals surface area (Å²) in [4.78, 5) is 18.2. The summed E-state index contributed by atoms with van der Waals surface area (Å²) in [5.41, 5.74) is 0.767. The number of hydrogen-bond acceptors (Lipinski definition) is 6. The number of nitrogens with zero attached hydrogens (tertiary/aromatic N) is 3. The fourth-order valence-corrected chi connectivity index (χ4v) is 2.72. The number of carbonyl (C=O) groups is 1. The van der Waals surface area contributed by atoms with Crippen LogP contribution in [-0.2, 0) is 16.1 Å². The second-order valence-electron chi connectivity index (χ2n) is 5.59. The third-order valence-corrected chi connectivity index (χ3v) is 3.82. The minimum Gasteiger partial charge on any atom is -0.362 e. The van der Waals surface area contributed by atoms with Gasteiger partial charge >= 0.3 is 0 Å². The van der Waals surface area contributed by atoms with E-state index in [-0.39, 0.29) is 43.4 Å². The normalized spacial score (nSPS) is 17.2. The van der Waals surface area contributed by atoms with Crippen LogP contribution in [0.3, 0.4) is 0 Å². The largest absolute Gasteiger partial charge is 0.362 e. The van der Waals surface area contributed by atoms with Crippen molar-refractivity contribution in [2.24, 2.45) is 0 Å². The number of aryl methyl sites for hydroxylation is 1. The maximum atomic E-state index is 13.5. The maximum Gasteiger partial charge on any atom is 0.252 e. The molecule has 1 aliphatic rings. The summed E-state index contributed by atoms with van der Waals surface area (Å²) < 4.78 is 23.8. The van der Waals surface area contributed by atoms with Gasteiger partial charge in [0, 0.05) is 19.6 Å². The number of halogens is 2. The molecule has 136 valence electrons. The molecule has 0 saturated carbocycles. The van der Waals surface area contributed by atoms with E-state index in [0.717, 1.165) is 5.56 Å². The minimum absolute atomic E-state index is 0. The van der Waals surface area contributed by atoms with Crippen molar-refractivity contribution >= 4 is 18.3 Å². The lowest BCUT2D eigenvalue weighted by atomic mass is 10.0. The average Bonchev–Trinajstić information content (AvgIpc) is 3.00. The first kappa shape index (κ1) is 19.3. The number of ether oxygens (including phenoxy) is 1. The van der Waals surface area contributed by atoms with E-state index in [1.165, 1.54) is 12.1 Å². The minimum atomic E-state index is -0.312. The summed E-state index contributed by atoms with van der Waals surface area (Å²) in [6, 6.07) is 6.11. The van der Waals surface area contributed by atoms with Crippen LogP contribution in [-0.4, -0.2) is 47.2 Å². The van der Waals surface area contributed by atoms with Gasteiger partial charge in [0.2, 0.25) is 5.91 Å². The Kier molecular flexibility index (Phi) is 6.86. The molecule has 0 spiro atoms. The zero-order valence-electron chi connectivity index (χ0n) is 13.8. The molecule has 1 unspecified atom stereocenters. The lowest BCUT2D eigenvalue weighted by molar-refractivity contribution is -0.140. The quantitative estimate of drug-likeness (QED) is 0.861. The van der Waals surface area contributed by atoms with Gasteiger partial charge in [0.15, 0.2) is 5.82 Å². The summed E-state index contributed by atoms with van der Waals surface area (Å²) in [5.74, 6) is 0.394. The van der Waals surface area contributed by atoms with Crippen molar-refractivity contribution in [3.63, 3.8) is 0 Å². The molecule has 0 radical (unpaired) electrons. The molecule has 1 saturated heterocycles. The van der Waals surface area contributed by atoms with E-state index in [1.807, 2.05) is 6.07 Å². The summed E-state index contributed by atoms with van der Waals surface area (Å²) in [5, 5.41) is 6.89. The van der Waals surface area contributed by atoms with Crippen LogP contribution in [0.2, 0.25) is 0 Å². The van der Waals surface area contributed by atoms with Gasteiger partial charge in [-0.3, -0.25) is 4.79 Å². The van der Waals surface area contributed by atoms with Crippen molar-refractivity contribution in [3.05, 3.63) is 47.4 Å². The Morgan fingerprint density at radius 2 is 2.36 bits per heavy atom. The highest BCUT2D eigenvalue weighted by Gasteiger charge is 2.28. The Morgan fingerprint density at radius 3 is 3.08 bits per heavy atom. The van der Waals surface area contributed by atoms with Gasteiger partial charge in [0.25, 0.3) is 5.89 Å². The Morgan fingerprint density at radius 1 is 1.52 bits per heavy atom. The summed E-state index contributed by atoms with van der Waals surface area (Å²) >= 11 is 0. The molecule has 1 aliphatic heterocycles. The molecule has 7 nitrogen and oxygen atoms in total. The van der Waals surface area contributed by atoms with Crippen molar-refractivity contribution in [2.75, 3.05) is 26.2 Å². The van der Waals surface area contributed by atoms with Crippen molar-refractivity contribution in [1.29, 1.82) is 0 Å². The molecular formula is C16H20ClFN4O3. The first-order chi connectivity index (χ1) is 11.6. The number of benzene rings is 1. The molecule has 2 heterocycles. The molecule has 0 bridgehead atoms. The number of rotatable bonds is 5. The van der Waals surface area contributed by atoms with E-state index in [1.54, 1.807) is 17.9 Å². The van der Waals surface area contributed by atoms with E-state index in [0.29, 0.717) is 31.3 Å². The Bertz CT molecular complexity index is 712. The summed E-state index contributed by atoms with van der Waals surface area (Å²) in [6.45, 7) is 3.53. The van der Waals surface area contributed by atoms with Gasteiger partial charge in [-0.25, -0.2) is 4.39 Å². The maximum absolute atomic E-state index is 13.5. The lowest BCUT2D eigenvalue weighted by Crippen LogP contribution is -2.49. The monoisotopic (exact) mass is 370 g/mol. The third kappa shape index (κ3) is 4.97. The highest BCUT2D eigenvalue weighted by molar-refractivity contribution is 5.85. The molecule has 25 heavy (non-hydrogen) atoms. The Hall–Kier alpha value is -2.03. The highest BCUT2D eigenvalue weighted by Crippen LogP contribution is 2.23. The number of piperazine rings is 1. The molecule has 2 aromatic rings. The Balaban J connectivity index is 0.00000225. The second-order valence-corrected chi connectivity index (χ2v) is 5.59. The zero-order chi connectivity index (χ0) is 16.9. The first-order valence-corrected chi connectivity index (χ1v) is 7.76. The van der Waals surface area contributed by atoms with Gasteiger partial charge < -0.3 is 19.5 Å². The van der Waals surface area contributed by atoms with Crippen LogP contribution in [0.4, 0.5) is 4.39 Å². The number of hydrogen-bond donors (Lipinski definition) is 1. The first-order valence-electron chi connectivity index (χ1n) is 7.76. The van der Waals surface area contributed by atoms with Gasteiger partial charge in [-0.2, -0.15) is 4.98 Å². The standard InChI is InChI=1S/C16H19FN4O3.ClH/c1-11-19-15(24-20-11)9-23-10-16(22)21-6-5-18-8-14(21)12-3-2-4-13(17)7-12;/h2-4,7,14,18H,5-6,8-10H2,1H3;1H. The van der Waals surface area contributed by atoms with E-state index < -0.39 is 0 Å². The average molecular weight is 371 g/mol. The third-order valence-electron chi connectivity index (χ3n) is 3.82. The molecule has 1 amide bonds. The van der Waals surface area contributed by atoms with Crippen LogP contribution in [0.5, 0.6) is 0 Å². The van der Waals surface area contributed by atoms with Crippen LogP contribution in [0.15, 0.2) is 28.8 Å². The van der Waals surface area contributed by atoms with Crippen molar-refractivity contribution in [3.8, 4) is 0 Å². The van der Waals surface area contributed by atoms with Crippen molar-refractivity contribution < 1.29 is 18.4 Å². The highest BCUT2D eigenvalue weighted by atomic mass is 35.5. The van der Waals surface area contributed by atoms with Crippen LogP contribution in [0.25, 0.3) is 0 Å². The van der Waals surface area contributed by atoms with Crippen molar-refractivity contribution in [1.82, 2.24) is 20.4 Å². The molecule has 1 N–H and O–H groups in total. The number of nitrogens with one attached hydrogen (secondary N) is 1. The van der Waals surface area contributed by atoms with Gasteiger partial charge in [-0.1, -0.05) is 17.3 Å². The van der Waals surface area contributed by atoms with E-state index in [4.69, 9.17) is 9.26 Å². The van der Waals surface area contributed by atoms with E-state index in [9.17, 15) is 9.18 Å². The van der Waals surface area contributed by atoms with Crippen LogP contribution >= 0.6 is 12.4 Å². The second kappa shape index (κ2) is 8.89. The fourth-order valence-electron chi connectivity index (χ4n) is 2.72. The molecule has 0 aliphatic carbocycles. The zero-order valence-corrected chi connectivity index (χ0v) is 14.6. The van der Waals surface area contributed by atoms with Gasteiger partial charge in [-0.05, 0) is 24.6 Å². The SMILES string of the molecule is Cc1noc(COCC(=O)N2CCNCC2c2cccc(F)c2)n1.Cl. The van der Waals surface area contributed by atoms with Crippen LogP contribution in [0.1, 0.15) is 23.3 Å². The van der Waals surface area contributed by atoms with Gasteiger partial charge in [0.1, 0.15) is 19.0 Å². The predicted octanol–water partition coefficient (Wildman–Crippen LogP) is 1.63. The smallest absolute Gasteiger partial charge is 0.252 e. The molecule has 3 rings (SSSR count). The van der Waals surface area contributed by atoms with Gasteiger partial charge in [-0.15, -0.1) is 12.4 Å². The molecular weight excluding hydrogens is 351 g/mol. The Labute approximate surface area is 150 Å². The van der Waals surface area contributed by atoms with Crippen LogP contribution in [0, 0.1) is 12.7 Å². The predicted molar refractivity (Wildman–Crippen MR) is 89.7 cm³/mol. The van der Waals surface area contributed by atoms with Gasteiger partial charge in [0.05, 0.1) is 6.04 Å². The molecule has 1 aromatic heterocycles. The number of aromatic nitrogens is 2. The van der Waals surface area contributed by atoms with Crippen molar-refractivity contribution in [2.45, 2.75) is 19.6 Å².